The number of carbonyl (C=O) groups excluding carboxylic acids is 1. The van der Waals surface area contributed by atoms with Crippen molar-refractivity contribution in [2.24, 2.45) is 11.7 Å². The van der Waals surface area contributed by atoms with Crippen molar-refractivity contribution >= 4 is 5.91 Å². The third-order valence-corrected chi connectivity index (χ3v) is 7.31. The van der Waals surface area contributed by atoms with E-state index in [1.165, 1.54) is 6.07 Å². The molecular weight excluding hydrogens is 486 g/mol. The summed E-state index contributed by atoms with van der Waals surface area (Å²) in [5.74, 6) is -0.199. The van der Waals surface area contributed by atoms with Gasteiger partial charge in [-0.3, -0.25) is 19.3 Å². The molecular formula is C29H33N3O6. The lowest BCUT2D eigenvalue weighted by Gasteiger charge is -2.42. The van der Waals surface area contributed by atoms with Crippen LogP contribution in [-0.2, 0) is 17.9 Å². The average Bonchev–Trinajstić information content (AvgIpc) is 2.85. The van der Waals surface area contributed by atoms with Crippen LogP contribution in [0, 0.1) is 5.92 Å². The van der Waals surface area contributed by atoms with E-state index in [1.807, 2.05) is 24.5 Å². The van der Waals surface area contributed by atoms with Gasteiger partial charge >= 0.3 is 0 Å². The molecule has 2 bridgehead atoms. The van der Waals surface area contributed by atoms with E-state index in [4.69, 9.17) is 14.9 Å². The summed E-state index contributed by atoms with van der Waals surface area (Å²) in [7, 11) is 0. The Hall–Kier alpha value is -3.85. The zero-order valence-corrected chi connectivity index (χ0v) is 21.6. The van der Waals surface area contributed by atoms with Gasteiger partial charge in [-0.15, -0.1) is 0 Å². The fourth-order valence-electron chi connectivity index (χ4n) is 5.83. The number of likely N-dealkylation sites (tertiary alicyclic amines) is 1. The lowest BCUT2D eigenvalue weighted by atomic mass is 9.83. The number of amides is 1. The Balaban J connectivity index is 1.42. The lowest BCUT2D eigenvalue weighted by Crippen LogP contribution is -2.46. The minimum Gasteiger partial charge on any atom is -0.502 e. The molecule has 5 rings (SSSR count). The number of pyridine rings is 1. The molecule has 0 aliphatic carbocycles. The predicted octanol–water partition coefficient (Wildman–Crippen LogP) is 2.92. The van der Waals surface area contributed by atoms with Crippen LogP contribution >= 0.6 is 0 Å². The van der Waals surface area contributed by atoms with Crippen molar-refractivity contribution in [1.82, 2.24) is 9.47 Å². The van der Waals surface area contributed by atoms with Crippen LogP contribution < -0.4 is 21.5 Å². The van der Waals surface area contributed by atoms with Crippen LogP contribution in [0.15, 0.2) is 62.5 Å². The third-order valence-electron chi connectivity index (χ3n) is 7.31. The van der Waals surface area contributed by atoms with E-state index in [9.17, 15) is 19.5 Å². The van der Waals surface area contributed by atoms with E-state index in [0.717, 1.165) is 25.2 Å². The minimum absolute atomic E-state index is 0.00441. The number of benzene rings is 1. The molecule has 38 heavy (non-hydrogen) atoms. The highest BCUT2D eigenvalue weighted by atomic mass is 16.5. The first-order valence-corrected chi connectivity index (χ1v) is 13.0. The maximum absolute atomic E-state index is 12.8. The van der Waals surface area contributed by atoms with Crippen molar-refractivity contribution in [3.63, 3.8) is 0 Å². The topological polar surface area (TPSA) is 128 Å². The van der Waals surface area contributed by atoms with Crippen LogP contribution in [0.3, 0.4) is 0 Å². The van der Waals surface area contributed by atoms with E-state index in [-0.39, 0.29) is 29.8 Å². The summed E-state index contributed by atoms with van der Waals surface area (Å²) in [4.78, 5) is 39.3. The second-order valence-corrected chi connectivity index (χ2v) is 10.6. The summed E-state index contributed by atoms with van der Waals surface area (Å²) in [6.45, 7) is 6.38. The fraction of sp³-hybridized carbons (Fsp3) is 0.414. The first kappa shape index (κ1) is 25.8. The number of piperidine rings is 1. The maximum Gasteiger partial charge on any atom is 0.250 e. The molecule has 2 aliphatic rings. The monoisotopic (exact) mass is 519 g/mol. The van der Waals surface area contributed by atoms with E-state index in [1.54, 1.807) is 36.4 Å². The molecule has 3 N–H and O–H groups in total. The van der Waals surface area contributed by atoms with Gasteiger partial charge in [-0.2, -0.15) is 0 Å². The molecule has 9 nitrogen and oxygen atoms in total. The Bertz CT molecular complexity index is 1440. The Labute approximate surface area is 220 Å². The summed E-state index contributed by atoms with van der Waals surface area (Å²) in [5, 5.41) is 10.7. The molecule has 1 fully saturated rings. The molecule has 1 saturated heterocycles. The largest absolute Gasteiger partial charge is 0.502 e. The number of aromatic hydroxyl groups is 1. The highest BCUT2D eigenvalue weighted by Gasteiger charge is 2.35. The molecule has 1 aromatic carbocycles. The van der Waals surface area contributed by atoms with Crippen molar-refractivity contribution in [3.8, 4) is 11.5 Å². The Morgan fingerprint density at radius 3 is 2.61 bits per heavy atom. The second kappa shape index (κ2) is 10.5. The molecule has 1 amide bonds. The Kier molecular flexibility index (Phi) is 7.12. The number of aromatic nitrogens is 1. The molecule has 200 valence electrons. The van der Waals surface area contributed by atoms with Gasteiger partial charge in [0.1, 0.15) is 11.5 Å². The highest BCUT2D eigenvalue weighted by Crippen LogP contribution is 2.37. The number of hydrogen-bond acceptors (Lipinski definition) is 7. The van der Waals surface area contributed by atoms with Gasteiger partial charge in [-0.25, -0.2) is 0 Å². The van der Waals surface area contributed by atoms with Gasteiger partial charge in [0.05, 0.1) is 18.6 Å². The smallest absolute Gasteiger partial charge is 0.250 e. The van der Waals surface area contributed by atoms with Gasteiger partial charge in [0.15, 0.2) is 5.76 Å². The van der Waals surface area contributed by atoms with Crippen molar-refractivity contribution in [3.05, 3.63) is 91.9 Å². The van der Waals surface area contributed by atoms with Crippen LogP contribution in [-0.4, -0.2) is 39.7 Å². The van der Waals surface area contributed by atoms with Crippen molar-refractivity contribution in [2.45, 2.75) is 57.7 Å². The second-order valence-electron chi connectivity index (χ2n) is 10.6. The summed E-state index contributed by atoms with van der Waals surface area (Å²) in [5.41, 5.74) is 6.72. The fourth-order valence-corrected chi connectivity index (χ4v) is 5.83. The van der Waals surface area contributed by atoms with Crippen LogP contribution in [0.4, 0.5) is 0 Å². The predicted molar refractivity (Wildman–Crippen MR) is 141 cm³/mol. The van der Waals surface area contributed by atoms with Crippen LogP contribution in [0.2, 0.25) is 0 Å². The normalized spacial score (nSPS) is 19.7. The molecule has 2 aliphatic heterocycles. The number of carbonyl (C=O) groups is 1. The molecule has 0 saturated carbocycles. The molecule has 2 aromatic heterocycles. The van der Waals surface area contributed by atoms with E-state index in [2.05, 4.69) is 4.90 Å². The standard InChI is InChI=1S/C29H33N3O6/c1-17(2)37-21-8-6-19(7-9-21)23(12-26(30)34)29-28(36)25(33)11-22(38-29)16-31-13-18-10-20(15-31)24-4-3-5-27(35)32(24)14-18/h3-9,11,17-18,20,23,36H,10,12-16H2,1-2H3,(H2,30,34)/t18-,20+,23?/m1/s1. The maximum atomic E-state index is 12.8. The molecule has 3 aromatic rings. The zero-order chi connectivity index (χ0) is 27.0. The van der Waals surface area contributed by atoms with Gasteiger partial charge in [-0.1, -0.05) is 18.2 Å². The van der Waals surface area contributed by atoms with Crippen LogP contribution in [0.1, 0.15) is 61.3 Å². The summed E-state index contributed by atoms with van der Waals surface area (Å²) in [6, 6.07) is 13.8. The van der Waals surface area contributed by atoms with Crippen LogP contribution in [0.5, 0.6) is 11.5 Å². The number of ether oxygens (including phenoxy) is 1. The SMILES string of the molecule is CC(C)Oc1ccc(C(CC(N)=O)c2oc(CN3C[C@H]4C[C@@H](C3)c3cccc(=O)n3C4)cc(=O)c2O)cc1. The van der Waals surface area contributed by atoms with Gasteiger partial charge in [0, 0.05) is 49.8 Å². The van der Waals surface area contributed by atoms with Crippen LogP contribution in [0.25, 0.3) is 0 Å². The van der Waals surface area contributed by atoms with Gasteiger partial charge in [-0.05, 0) is 49.9 Å². The number of rotatable bonds is 8. The van der Waals surface area contributed by atoms with Crippen molar-refractivity contribution in [2.75, 3.05) is 13.1 Å². The van der Waals surface area contributed by atoms with E-state index in [0.29, 0.717) is 36.1 Å². The summed E-state index contributed by atoms with van der Waals surface area (Å²) < 4.78 is 13.7. The van der Waals surface area contributed by atoms with Crippen molar-refractivity contribution in [1.29, 1.82) is 0 Å². The van der Waals surface area contributed by atoms with Gasteiger partial charge < -0.3 is 24.6 Å². The quantitative estimate of drug-likeness (QED) is 0.468. The zero-order valence-electron chi connectivity index (χ0n) is 21.6. The summed E-state index contributed by atoms with van der Waals surface area (Å²) in [6.07, 6.45) is 0.885. The van der Waals surface area contributed by atoms with E-state index < -0.39 is 23.0 Å². The van der Waals surface area contributed by atoms with Crippen molar-refractivity contribution < 1.29 is 19.1 Å². The number of hydrogen-bond donors (Lipinski definition) is 2. The number of primary amides is 1. The first-order chi connectivity index (χ1) is 18.2. The van der Waals surface area contributed by atoms with E-state index >= 15 is 0 Å². The Morgan fingerprint density at radius 2 is 1.89 bits per heavy atom. The summed E-state index contributed by atoms with van der Waals surface area (Å²) >= 11 is 0. The Morgan fingerprint density at radius 1 is 1.13 bits per heavy atom. The minimum atomic E-state index is -0.729. The molecule has 9 heteroatoms. The molecule has 1 unspecified atom stereocenters. The highest BCUT2D eigenvalue weighted by molar-refractivity contribution is 5.75. The number of fused-ring (bicyclic) bond motifs is 4. The average molecular weight is 520 g/mol. The van der Waals surface area contributed by atoms with Gasteiger partial charge in [0.2, 0.25) is 17.1 Å². The molecule has 3 atom stereocenters. The van der Waals surface area contributed by atoms with Gasteiger partial charge in [0.25, 0.3) is 5.56 Å². The lowest BCUT2D eigenvalue weighted by molar-refractivity contribution is -0.118. The number of nitrogens with two attached hydrogens (primary N) is 1. The third kappa shape index (κ3) is 5.38. The molecule has 0 radical (unpaired) electrons. The molecule has 0 spiro atoms. The number of nitrogens with zero attached hydrogens (tertiary/aromatic N) is 2. The molecule has 4 heterocycles. The first-order valence-electron chi connectivity index (χ1n) is 13.0.